The zero-order chi connectivity index (χ0) is 18.0. The Morgan fingerprint density at radius 1 is 1.08 bits per heavy atom. The van der Waals surface area contributed by atoms with E-state index in [2.05, 4.69) is 5.32 Å². The van der Waals surface area contributed by atoms with Gasteiger partial charge in [-0.3, -0.25) is 14.5 Å². The SMILES string of the molecule is CC[C@]1(c2ccc(F)cc2)NC(=O)N(CC(=O)c2ccccc2)C1=O. The van der Waals surface area contributed by atoms with Crippen molar-refractivity contribution in [3.8, 4) is 0 Å². The molecule has 0 spiro atoms. The largest absolute Gasteiger partial charge is 0.325 e. The molecule has 25 heavy (non-hydrogen) atoms. The summed E-state index contributed by atoms with van der Waals surface area (Å²) < 4.78 is 13.2. The van der Waals surface area contributed by atoms with Gasteiger partial charge in [0, 0.05) is 5.56 Å². The Bertz CT molecular complexity index is 820. The summed E-state index contributed by atoms with van der Waals surface area (Å²) in [6.45, 7) is 1.42. The molecule has 3 amide bonds. The second-order valence-corrected chi connectivity index (χ2v) is 5.88. The van der Waals surface area contributed by atoms with Gasteiger partial charge in [0.25, 0.3) is 5.91 Å². The van der Waals surface area contributed by atoms with Gasteiger partial charge in [-0.25, -0.2) is 9.18 Å². The van der Waals surface area contributed by atoms with Crippen molar-refractivity contribution in [1.82, 2.24) is 10.2 Å². The van der Waals surface area contributed by atoms with Gasteiger partial charge in [0.2, 0.25) is 0 Å². The fourth-order valence-corrected chi connectivity index (χ4v) is 3.00. The van der Waals surface area contributed by atoms with Crippen molar-refractivity contribution in [2.75, 3.05) is 6.54 Å². The molecule has 0 radical (unpaired) electrons. The van der Waals surface area contributed by atoms with Crippen LogP contribution in [0.1, 0.15) is 29.3 Å². The second-order valence-electron chi connectivity index (χ2n) is 5.88. The van der Waals surface area contributed by atoms with Gasteiger partial charge in [0.1, 0.15) is 11.4 Å². The number of ketones is 1. The lowest BCUT2D eigenvalue weighted by atomic mass is 9.87. The Balaban J connectivity index is 1.88. The molecule has 0 aliphatic carbocycles. The molecular weight excluding hydrogens is 323 g/mol. The molecule has 0 saturated carbocycles. The summed E-state index contributed by atoms with van der Waals surface area (Å²) in [7, 11) is 0. The van der Waals surface area contributed by atoms with Gasteiger partial charge in [-0.15, -0.1) is 0 Å². The first-order chi connectivity index (χ1) is 12.0. The number of nitrogens with one attached hydrogen (secondary N) is 1. The molecule has 1 N–H and O–H groups in total. The van der Waals surface area contributed by atoms with Crippen LogP contribution in [-0.2, 0) is 10.3 Å². The van der Waals surface area contributed by atoms with Crippen LogP contribution in [0.25, 0.3) is 0 Å². The van der Waals surface area contributed by atoms with E-state index in [0.717, 1.165) is 4.90 Å². The van der Waals surface area contributed by atoms with Gasteiger partial charge in [-0.1, -0.05) is 49.4 Å². The van der Waals surface area contributed by atoms with Crippen LogP contribution >= 0.6 is 0 Å². The first-order valence-electron chi connectivity index (χ1n) is 7.96. The fraction of sp³-hybridized carbons (Fsp3) is 0.211. The van der Waals surface area contributed by atoms with E-state index >= 15 is 0 Å². The highest BCUT2D eigenvalue weighted by Gasteiger charge is 2.51. The summed E-state index contributed by atoms with van der Waals surface area (Å²) in [5.41, 5.74) is -0.356. The summed E-state index contributed by atoms with van der Waals surface area (Å²) in [4.78, 5) is 38.5. The Morgan fingerprint density at radius 3 is 2.32 bits per heavy atom. The second kappa shape index (κ2) is 6.47. The van der Waals surface area contributed by atoms with Gasteiger partial charge in [-0.05, 0) is 24.1 Å². The fourth-order valence-electron chi connectivity index (χ4n) is 3.00. The molecule has 1 atom stereocenters. The number of urea groups is 1. The molecule has 3 rings (SSSR count). The van der Waals surface area contributed by atoms with Crippen molar-refractivity contribution in [2.45, 2.75) is 18.9 Å². The quantitative estimate of drug-likeness (QED) is 0.672. The summed E-state index contributed by atoms with van der Waals surface area (Å²) in [6, 6.07) is 13.3. The van der Waals surface area contributed by atoms with Gasteiger partial charge < -0.3 is 5.32 Å². The average molecular weight is 340 g/mol. The maximum Gasteiger partial charge on any atom is 0.325 e. The third-order valence-electron chi connectivity index (χ3n) is 4.44. The van der Waals surface area contributed by atoms with Crippen LogP contribution in [0, 0.1) is 5.82 Å². The average Bonchev–Trinajstić information content (AvgIpc) is 2.88. The number of imide groups is 1. The van der Waals surface area contributed by atoms with Crippen LogP contribution in [-0.4, -0.2) is 29.2 Å². The van der Waals surface area contributed by atoms with Gasteiger partial charge >= 0.3 is 6.03 Å². The Kier molecular flexibility index (Phi) is 4.35. The minimum absolute atomic E-state index is 0.291. The number of carbonyl (C=O) groups is 3. The van der Waals surface area contributed by atoms with Gasteiger partial charge in [-0.2, -0.15) is 0 Å². The Hall–Kier alpha value is -3.02. The molecule has 2 aromatic rings. The van der Waals surface area contributed by atoms with E-state index in [1.165, 1.54) is 24.3 Å². The Labute approximate surface area is 144 Å². The third-order valence-corrected chi connectivity index (χ3v) is 4.44. The summed E-state index contributed by atoms with van der Waals surface area (Å²) >= 11 is 0. The number of Topliss-reactive ketones (excluding diaryl/α,β-unsaturated/α-hetero) is 1. The van der Waals surface area contributed by atoms with Crippen molar-refractivity contribution < 1.29 is 18.8 Å². The smallest absolute Gasteiger partial charge is 0.319 e. The minimum Gasteiger partial charge on any atom is -0.319 e. The van der Waals surface area contributed by atoms with Crippen LogP contribution in [0.15, 0.2) is 54.6 Å². The molecular formula is C19H17FN2O3. The van der Waals surface area contributed by atoms with Crippen molar-refractivity contribution in [2.24, 2.45) is 0 Å². The van der Waals surface area contributed by atoms with E-state index < -0.39 is 23.3 Å². The maximum atomic E-state index is 13.2. The van der Waals surface area contributed by atoms with Crippen molar-refractivity contribution in [3.05, 3.63) is 71.5 Å². The van der Waals surface area contributed by atoms with Gasteiger partial charge in [0.15, 0.2) is 5.78 Å². The zero-order valence-corrected chi connectivity index (χ0v) is 13.7. The van der Waals surface area contributed by atoms with Crippen molar-refractivity contribution in [3.63, 3.8) is 0 Å². The molecule has 128 valence electrons. The monoisotopic (exact) mass is 340 g/mol. The molecule has 2 aromatic carbocycles. The highest BCUT2D eigenvalue weighted by Crippen LogP contribution is 2.32. The third kappa shape index (κ3) is 2.91. The number of amides is 3. The molecule has 1 fully saturated rings. The molecule has 1 aliphatic rings. The number of nitrogens with zero attached hydrogens (tertiary/aromatic N) is 1. The lowest BCUT2D eigenvalue weighted by molar-refractivity contribution is -0.131. The van der Waals surface area contributed by atoms with E-state index in [9.17, 15) is 18.8 Å². The highest BCUT2D eigenvalue weighted by atomic mass is 19.1. The normalized spacial score (nSPS) is 19.8. The lowest BCUT2D eigenvalue weighted by Gasteiger charge is -2.25. The summed E-state index contributed by atoms with van der Waals surface area (Å²) in [5, 5.41) is 2.67. The number of carbonyl (C=O) groups excluding carboxylic acids is 3. The molecule has 0 aromatic heterocycles. The molecule has 0 unspecified atom stereocenters. The minimum atomic E-state index is -1.28. The molecule has 1 saturated heterocycles. The van der Waals surface area contributed by atoms with Crippen LogP contribution in [0.2, 0.25) is 0 Å². The number of halogens is 1. The van der Waals surface area contributed by atoms with Crippen LogP contribution in [0.5, 0.6) is 0 Å². The molecule has 1 aliphatic heterocycles. The number of hydrogen-bond acceptors (Lipinski definition) is 3. The predicted octanol–water partition coefficient (Wildman–Crippen LogP) is 2.87. The van der Waals surface area contributed by atoms with Crippen LogP contribution in [0.3, 0.4) is 0 Å². The molecule has 6 heteroatoms. The number of rotatable bonds is 5. The standard InChI is InChI=1S/C19H17FN2O3/c1-2-19(14-8-10-15(20)11-9-14)17(24)22(18(25)21-19)12-16(23)13-6-4-3-5-7-13/h3-11H,2,12H2,1H3,(H,21,25)/t19-/m1/s1. The molecule has 1 heterocycles. The predicted molar refractivity (Wildman–Crippen MR) is 89.4 cm³/mol. The van der Waals surface area contributed by atoms with E-state index in [-0.39, 0.29) is 12.3 Å². The Morgan fingerprint density at radius 2 is 1.72 bits per heavy atom. The van der Waals surface area contributed by atoms with E-state index in [0.29, 0.717) is 17.5 Å². The van der Waals surface area contributed by atoms with Crippen LogP contribution < -0.4 is 5.32 Å². The van der Waals surface area contributed by atoms with Crippen molar-refractivity contribution >= 4 is 17.7 Å². The zero-order valence-electron chi connectivity index (χ0n) is 13.7. The van der Waals surface area contributed by atoms with E-state index in [1.54, 1.807) is 37.3 Å². The number of hydrogen-bond donors (Lipinski definition) is 1. The maximum absolute atomic E-state index is 13.2. The lowest BCUT2D eigenvalue weighted by Crippen LogP contribution is -2.43. The molecule has 5 nitrogen and oxygen atoms in total. The van der Waals surface area contributed by atoms with E-state index in [1.807, 2.05) is 0 Å². The first-order valence-corrected chi connectivity index (χ1v) is 7.96. The topological polar surface area (TPSA) is 66.5 Å². The highest BCUT2D eigenvalue weighted by molar-refractivity contribution is 6.11. The number of benzene rings is 2. The summed E-state index contributed by atoms with van der Waals surface area (Å²) in [5.74, 6) is -1.26. The van der Waals surface area contributed by atoms with Gasteiger partial charge in [0.05, 0.1) is 6.54 Å². The van der Waals surface area contributed by atoms with Crippen molar-refractivity contribution in [1.29, 1.82) is 0 Å². The van der Waals surface area contributed by atoms with E-state index in [4.69, 9.17) is 0 Å². The first kappa shape index (κ1) is 16.8. The van der Waals surface area contributed by atoms with Crippen LogP contribution in [0.4, 0.5) is 9.18 Å². The summed E-state index contributed by atoms with van der Waals surface area (Å²) in [6.07, 6.45) is 0.291. The molecule has 0 bridgehead atoms.